The third kappa shape index (κ3) is 3.69. The van der Waals surface area contributed by atoms with Gasteiger partial charge in [0.05, 0.1) is 12.1 Å². The number of carboxylic acid groups (broad SMARTS) is 1. The van der Waals surface area contributed by atoms with Gasteiger partial charge in [0.1, 0.15) is 0 Å². The normalized spacial score (nSPS) is 19.7. The average molecular weight is 282 g/mol. The smallest absolute Gasteiger partial charge is 0.303 e. The van der Waals surface area contributed by atoms with Gasteiger partial charge in [0.25, 0.3) is 0 Å². The molecule has 4 nitrogen and oxygen atoms in total. The number of carboxylic acids is 1. The number of aliphatic carboxylic acids is 1. The van der Waals surface area contributed by atoms with Gasteiger partial charge in [-0.2, -0.15) is 0 Å². The molecule has 1 aromatic rings. The highest BCUT2D eigenvalue weighted by Crippen LogP contribution is 2.30. The van der Waals surface area contributed by atoms with E-state index in [-0.39, 0.29) is 6.42 Å². The summed E-state index contributed by atoms with van der Waals surface area (Å²) in [6.45, 7) is 6.53. The molecule has 1 unspecified atom stereocenters. The number of nitrogens with zero attached hydrogens (tertiary/aromatic N) is 2. The molecule has 1 atom stereocenters. The predicted molar refractivity (Wildman–Crippen MR) is 78.1 cm³/mol. The van der Waals surface area contributed by atoms with Gasteiger partial charge in [-0.1, -0.05) is 13.8 Å². The predicted octanol–water partition coefficient (Wildman–Crippen LogP) is 2.96. The highest BCUT2D eigenvalue weighted by molar-refractivity contribution is 7.15. The van der Waals surface area contributed by atoms with Gasteiger partial charge < -0.3 is 10.0 Å². The molecule has 0 aliphatic carbocycles. The Balaban J connectivity index is 2.10. The number of piperidine rings is 1. The molecule has 19 heavy (non-hydrogen) atoms. The van der Waals surface area contributed by atoms with Crippen LogP contribution >= 0.6 is 11.3 Å². The summed E-state index contributed by atoms with van der Waals surface area (Å²) in [6, 6.07) is 0. The van der Waals surface area contributed by atoms with E-state index in [9.17, 15) is 4.79 Å². The molecule has 0 bridgehead atoms. The molecule has 0 radical (unpaired) electrons. The van der Waals surface area contributed by atoms with Crippen molar-refractivity contribution in [3.8, 4) is 0 Å². The number of hydrogen-bond donors (Lipinski definition) is 1. The van der Waals surface area contributed by atoms with Crippen molar-refractivity contribution >= 4 is 22.4 Å². The Kier molecular flexibility index (Phi) is 4.80. The first-order chi connectivity index (χ1) is 9.10. The second-order valence-electron chi connectivity index (χ2n) is 5.31. The molecule has 5 heteroatoms. The monoisotopic (exact) mass is 282 g/mol. The van der Waals surface area contributed by atoms with Crippen LogP contribution in [-0.4, -0.2) is 29.1 Å². The van der Waals surface area contributed by atoms with Crippen LogP contribution in [0.25, 0.3) is 0 Å². The standard InChI is InChI=1S/C14H22N2O2S/c1-3-11-12(6-7-13(17)18)19-14(15-11)16-8-4-5-10(2)9-16/h10H,3-9H2,1-2H3,(H,17,18). The highest BCUT2D eigenvalue weighted by atomic mass is 32.1. The number of hydrogen-bond acceptors (Lipinski definition) is 4. The zero-order valence-corrected chi connectivity index (χ0v) is 12.5. The lowest BCUT2D eigenvalue weighted by atomic mass is 10.0. The molecule has 1 fully saturated rings. The third-order valence-electron chi connectivity index (χ3n) is 3.60. The third-order valence-corrected chi connectivity index (χ3v) is 4.81. The van der Waals surface area contributed by atoms with E-state index in [4.69, 9.17) is 10.1 Å². The van der Waals surface area contributed by atoms with Crippen molar-refractivity contribution in [3.63, 3.8) is 0 Å². The van der Waals surface area contributed by atoms with Gasteiger partial charge in [0, 0.05) is 18.0 Å². The van der Waals surface area contributed by atoms with Crippen molar-refractivity contribution in [1.82, 2.24) is 4.98 Å². The molecule has 2 heterocycles. The van der Waals surface area contributed by atoms with Gasteiger partial charge in [-0.15, -0.1) is 11.3 Å². The van der Waals surface area contributed by atoms with Crippen LogP contribution in [0.5, 0.6) is 0 Å². The van der Waals surface area contributed by atoms with Crippen LogP contribution in [0.3, 0.4) is 0 Å². The highest BCUT2D eigenvalue weighted by Gasteiger charge is 2.21. The summed E-state index contributed by atoms with van der Waals surface area (Å²) in [6.07, 6.45) is 4.22. The minimum atomic E-state index is -0.733. The fraction of sp³-hybridized carbons (Fsp3) is 0.714. The quantitative estimate of drug-likeness (QED) is 0.902. The van der Waals surface area contributed by atoms with Crippen LogP contribution in [-0.2, 0) is 17.6 Å². The Hall–Kier alpha value is -1.10. The molecule has 1 aliphatic rings. The zero-order chi connectivity index (χ0) is 13.8. The van der Waals surface area contributed by atoms with Crippen LogP contribution in [0, 0.1) is 5.92 Å². The number of aryl methyl sites for hydroxylation is 2. The van der Waals surface area contributed by atoms with E-state index in [1.54, 1.807) is 11.3 Å². The number of aromatic nitrogens is 1. The van der Waals surface area contributed by atoms with Gasteiger partial charge in [0.2, 0.25) is 0 Å². The molecule has 0 aromatic carbocycles. The maximum atomic E-state index is 10.7. The number of carbonyl (C=O) groups is 1. The van der Waals surface area contributed by atoms with Crippen molar-refractivity contribution in [1.29, 1.82) is 0 Å². The molecular formula is C14H22N2O2S. The summed E-state index contributed by atoms with van der Waals surface area (Å²) in [5.41, 5.74) is 1.08. The fourth-order valence-electron chi connectivity index (χ4n) is 2.56. The lowest BCUT2D eigenvalue weighted by Gasteiger charge is -2.30. The van der Waals surface area contributed by atoms with E-state index in [0.29, 0.717) is 6.42 Å². The Morgan fingerprint density at radius 3 is 3.00 bits per heavy atom. The molecule has 0 amide bonds. The minimum Gasteiger partial charge on any atom is -0.481 e. The summed E-state index contributed by atoms with van der Waals surface area (Å²) >= 11 is 1.69. The van der Waals surface area contributed by atoms with Crippen molar-refractivity contribution < 1.29 is 9.90 Å². The first kappa shape index (κ1) is 14.3. The van der Waals surface area contributed by atoms with E-state index in [1.807, 2.05) is 0 Å². The molecule has 0 spiro atoms. The number of thiazole rings is 1. The van der Waals surface area contributed by atoms with Crippen molar-refractivity contribution in [2.45, 2.75) is 46.0 Å². The molecule has 0 saturated carbocycles. The number of anilines is 1. The van der Waals surface area contributed by atoms with Crippen LogP contribution in [0.1, 0.15) is 43.7 Å². The summed E-state index contributed by atoms with van der Waals surface area (Å²) in [5.74, 6) is -0.00575. The molecule has 106 valence electrons. The zero-order valence-electron chi connectivity index (χ0n) is 11.7. The molecule has 1 saturated heterocycles. The van der Waals surface area contributed by atoms with Gasteiger partial charge in [0.15, 0.2) is 5.13 Å². The first-order valence-corrected chi connectivity index (χ1v) is 7.87. The van der Waals surface area contributed by atoms with E-state index >= 15 is 0 Å². The van der Waals surface area contributed by atoms with Gasteiger partial charge >= 0.3 is 5.97 Å². The Morgan fingerprint density at radius 2 is 2.37 bits per heavy atom. The van der Waals surface area contributed by atoms with E-state index in [0.717, 1.165) is 41.1 Å². The van der Waals surface area contributed by atoms with Crippen molar-refractivity contribution in [2.75, 3.05) is 18.0 Å². The van der Waals surface area contributed by atoms with Gasteiger partial charge in [-0.25, -0.2) is 4.98 Å². The van der Waals surface area contributed by atoms with Gasteiger partial charge in [-0.3, -0.25) is 4.79 Å². The summed E-state index contributed by atoms with van der Waals surface area (Å²) in [7, 11) is 0. The molecular weight excluding hydrogens is 260 g/mol. The Bertz CT molecular complexity index is 445. The first-order valence-electron chi connectivity index (χ1n) is 7.05. The topological polar surface area (TPSA) is 53.4 Å². The second kappa shape index (κ2) is 6.37. The fourth-order valence-corrected chi connectivity index (χ4v) is 3.74. The van der Waals surface area contributed by atoms with Crippen LogP contribution in [0.15, 0.2) is 0 Å². The van der Waals surface area contributed by atoms with E-state index in [2.05, 4.69) is 18.7 Å². The minimum absolute atomic E-state index is 0.199. The van der Waals surface area contributed by atoms with E-state index < -0.39 is 5.97 Å². The number of rotatable bonds is 5. The lowest BCUT2D eigenvalue weighted by molar-refractivity contribution is -0.136. The second-order valence-corrected chi connectivity index (χ2v) is 6.37. The molecule has 2 rings (SSSR count). The van der Waals surface area contributed by atoms with E-state index in [1.165, 1.54) is 12.8 Å². The lowest BCUT2D eigenvalue weighted by Crippen LogP contribution is -2.34. The van der Waals surface area contributed by atoms with Gasteiger partial charge in [-0.05, 0) is 31.6 Å². The molecule has 1 aliphatic heterocycles. The summed E-state index contributed by atoms with van der Waals surface area (Å²) in [5, 5.41) is 9.89. The van der Waals surface area contributed by atoms with Crippen molar-refractivity contribution in [2.24, 2.45) is 5.92 Å². The summed E-state index contributed by atoms with van der Waals surface area (Å²) < 4.78 is 0. The van der Waals surface area contributed by atoms with Crippen LogP contribution in [0.2, 0.25) is 0 Å². The Morgan fingerprint density at radius 1 is 1.58 bits per heavy atom. The molecule has 1 aromatic heterocycles. The average Bonchev–Trinajstić information content (AvgIpc) is 2.79. The van der Waals surface area contributed by atoms with Crippen molar-refractivity contribution in [3.05, 3.63) is 10.6 Å². The maximum Gasteiger partial charge on any atom is 0.303 e. The van der Waals surface area contributed by atoms with Crippen LogP contribution < -0.4 is 4.90 Å². The Labute approximate surface area is 118 Å². The van der Waals surface area contributed by atoms with Crippen LogP contribution in [0.4, 0.5) is 5.13 Å². The maximum absolute atomic E-state index is 10.7. The SMILES string of the molecule is CCc1nc(N2CCCC(C)C2)sc1CCC(=O)O. The largest absolute Gasteiger partial charge is 0.481 e. The summed E-state index contributed by atoms with van der Waals surface area (Å²) in [4.78, 5) is 18.9. The molecule has 1 N–H and O–H groups in total.